The number of carbonyl (C=O) groups excluding carboxylic acids is 1. The van der Waals surface area contributed by atoms with Crippen LogP contribution in [0.5, 0.6) is 5.75 Å². The molecule has 0 aliphatic heterocycles. The Morgan fingerprint density at radius 2 is 1.94 bits per heavy atom. The Labute approximate surface area is 201 Å². The van der Waals surface area contributed by atoms with Gasteiger partial charge in [0.05, 0.1) is 18.4 Å². The topological polar surface area (TPSA) is 111 Å². The second-order valence-electron chi connectivity index (χ2n) is 7.60. The maximum absolute atomic E-state index is 12.9. The van der Waals surface area contributed by atoms with Crippen LogP contribution in [-0.2, 0) is 4.79 Å². The number of thioether (sulfide) groups is 1. The van der Waals surface area contributed by atoms with E-state index in [9.17, 15) is 10.1 Å². The second kappa shape index (κ2) is 9.80. The number of nitriles is 1. The lowest BCUT2D eigenvalue weighted by atomic mass is 10.2. The lowest BCUT2D eigenvalue weighted by molar-refractivity contribution is -0.113. The van der Waals surface area contributed by atoms with E-state index in [4.69, 9.17) is 4.74 Å². The minimum absolute atomic E-state index is 0.0530. The summed E-state index contributed by atoms with van der Waals surface area (Å²) in [7, 11) is 1.58. The number of nitrogens with one attached hydrogen (secondary N) is 1. The molecule has 172 valence electrons. The van der Waals surface area contributed by atoms with Crippen molar-refractivity contribution in [2.24, 2.45) is 0 Å². The van der Waals surface area contributed by atoms with Gasteiger partial charge in [0.25, 0.3) is 0 Å². The molecular formula is C24H23N7O2S. The molecule has 0 spiro atoms. The minimum Gasteiger partial charge on any atom is -0.494 e. The van der Waals surface area contributed by atoms with Crippen LogP contribution in [0.1, 0.15) is 22.4 Å². The van der Waals surface area contributed by atoms with Crippen LogP contribution in [0.25, 0.3) is 11.4 Å². The van der Waals surface area contributed by atoms with Crippen LogP contribution >= 0.6 is 11.8 Å². The molecule has 0 saturated carbocycles. The number of rotatable bonds is 7. The molecule has 4 aromatic rings. The predicted octanol–water partition coefficient (Wildman–Crippen LogP) is 3.99. The van der Waals surface area contributed by atoms with Crippen molar-refractivity contribution in [3.63, 3.8) is 0 Å². The molecule has 0 bridgehead atoms. The van der Waals surface area contributed by atoms with E-state index >= 15 is 0 Å². The number of ether oxygens (including phenoxy) is 1. The first-order chi connectivity index (χ1) is 16.4. The normalized spacial score (nSPS) is 10.7. The van der Waals surface area contributed by atoms with Crippen LogP contribution in [0, 0.1) is 32.1 Å². The first-order valence-corrected chi connectivity index (χ1v) is 11.5. The van der Waals surface area contributed by atoms with Crippen molar-refractivity contribution in [2.75, 3.05) is 18.2 Å². The summed E-state index contributed by atoms with van der Waals surface area (Å²) in [5, 5.41) is 25.0. The lowest BCUT2D eigenvalue weighted by Crippen LogP contribution is -2.18. The second-order valence-corrected chi connectivity index (χ2v) is 8.54. The first-order valence-electron chi connectivity index (χ1n) is 10.5. The van der Waals surface area contributed by atoms with Crippen LogP contribution in [0.3, 0.4) is 0 Å². The molecule has 0 aliphatic rings. The van der Waals surface area contributed by atoms with Crippen LogP contribution in [0.4, 0.5) is 5.82 Å². The van der Waals surface area contributed by atoms with Gasteiger partial charge in [0.1, 0.15) is 23.3 Å². The molecule has 0 aliphatic carbocycles. The Morgan fingerprint density at radius 1 is 1.18 bits per heavy atom. The molecule has 2 aromatic carbocycles. The number of nitrogens with zero attached hydrogens (tertiary/aromatic N) is 6. The highest BCUT2D eigenvalue weighted by molar-refractivity contribution is 7.99. The zero-order chi connectivity index (χ0) is 24.2. The van der Waals surface area contributed by atoms with E-state index in [1.54, 1.807) is 11.8 Å². The van der Waals surface area contributed by atoms with E-state index in [2.05, 4.69) is 26.9 Å². The quantitative estimate of drug-likeness (QED) is 0.404. The molecule has 1 N–H and O–H groups in total. The molecule has 0 unspecified atom stereocenters. The molecule has 0 saturated heterocycles. The summed E-state index contributed by atoms with van der Waals surface area (Å²) >= 11 is 1.19. The molecule has 34 heavy (non-hydrogen) atoms. The smallest absolute Gasteiger partial charge is 0.236 e. The van der Waals surface area contributed by atoms with E-state index in [-0.39, 0.29) is 11.7 Å². The van der Waals surface area contributed by atoms with E-state index in [1.165, 1.54) is 11.8 Å². The van der Waals surface area contributed by atoms with Crippen molar-refractivity contribution < 1.29 is 9.53 Å². The van der Waals surface area contributed by atoms with Gasteiger partial charge in [-0.1, -0.05) is 36.0 Å². The lowest BCUT2D eigenvalue weighted by Gasteiger charge is -2.13. The van der Waals surface area contributed by atoms with Crippen LogP contribution < -0.4 is 10.1 Å². The molecule has 9 nitrogen and oxygen atoms in total. The fourth-order valence-electron chi connectivity index (χ4n) is 3.64. The van der Waals surface area contributed by atoms with Crippen LogP contribution in [-0.4, -0.2) is 43.5 Å². The van der Waals surface area contributed by atoms with Crippen molar-refractivity contribution in [1.29, 1.82) is 5.26 Å². The van der Waals surface area contributed by atoms with Crippen molar-refractivity contribution in [2.45, 2.75) is 25.9 Å². The van der Waals surface area contributed by atoms with Gasteiger partial charge in [0.2, 0.25) is 11.1 Å². The third-order valence-corrected chi connectivity index (χ3v) is 6.35. The molecule has 2 aromatic heterocycles. The van der Waals surface area contributed by atoms with Crippen molar-refractivity contribution in [3.8, 4) is 23.2 Å². The number of tetrazole rings is 1. The highest BCUT2D eigenvalue weighted by Crippen LogP contribution is 2.31. The molecule has 0 atom stereocenters. The first kappa shape index (κ1) is 23.1. The summed E-state index contributed by atoms with van der Waals surface area (Å²) < 4.78 is 8.87. The predicted molar refractivity (Wildman–Crippen MR) is 130 cm³/mol. The van der Waals surface area contributed by atoms with Crippen molar-refractivity contribution in [1.82, 2.24) is 24.8 Å². The Hall–Kier alpha value is -4.10. The van der Waals surface area contributed by atoms with Crippen molar-refractivity contribution in [3.05, 3.63) is 70.9 Å². The van der Waals surface area contributed by atoms with Gasteiger partial charge in [-0.05, 0) is 66.6 Å². The fourth-order valence-corrected chi connectivity index (χ4v) is 4.33. The molecule has 10 heteroatoms. The summed E-state index contributed by atoms with van der Waals surface area (Å²) in [6.07, 6.45) is 0. The molecule has 4 rings (SSSR count). The zero-order valence-corrected chi connectivity index (χ0v) is 20.1. The third-order valence-electron chi connectivity index (χ3n) is 5.43. The van der Waals surface area contributed by atoms with Crippen molar-refractivity contribution >= 4 is 23.5 Å². The molecule has 0 radical (unpaired) electrons. The van der Waals surface area contributed by atoms with E-state index in [0.29, 0.717) is 28.0 Å². The van der Waals surface area contributed by atoms with E-state index < -0.39 is 0 Å². The van der Waals surface area contributed by atoms with Gasteiger partial charge in [0, 0.05) is 11.4 Å². The minimum atomic E-state index is -0.276. The summed E-state index contributed by atoms with van der Waals surface area (Å²) in [6.45, 7) is 5.77. The largest absolute Gasteiger partial charge is 0.494 e. The average molecular weight is 474 g/mol. The number of hydrogen-bond donors (Lipinski definition) is 1. The Bertz CT molecular complexity index is 1390. The van der Waals surface area contributed by atoms with Gasteiger partial charge >= 0.3 is 0 Å². The summed E-state index contributed by atoms with van der Waals surface area (Å²) in [5.41, 5.74) is 4.73. The Balaban J connectivity index is 1.58. The number of hydrogen-bond acceptors (Lipinski definition) is 7. The molecule has 2 heterocycles. The Morgan fingerprint density at radius 3 is 2.65 bits per heavy atom. The molecule has 1 amide bonds. The molecule has 0 fully saturated rings. The number of methoxy groups -OCH3 is 1. The van der Waals surface area contributed by atoms with Gasteiger partial charge in [-0.25, -0.2) is 0 Å². The van der Waals surface area contributed by atoms with Crippen LogP contribution in [0.15, 0.2) is 53.7 Å². The molecular weight excluding hydrogens is 450 g/mol. The number of carbonyl (C=O) groups is 1. The highest BCUT2D eigenvalue weighted by atomic mass is 32.2. The maximum atomic E-state index is 12.9. The number of anilines is 1. The standard InChI is InChI=1S/C24H23N7O2S/c1-15-10-11-21(33-4)20(12-15)31-24(27-28-29-31)34-14-22(32)26-23-19(13-25)16(2)17(3)30(23)18-8-6-5-7-9-18/h5-12H,14H2,1-4H3,(H,26,32). The number of aryl methyl sites for hydroxylation is 1. The van der Waals surface area contributed by atoms with Gasteiger partial charge in [0.15, 0.2) is 0 Å². The average Bonchev–Trinajstić information content (AvgIpc) is 3.40. The maximum Gasteiger partial charge on any atom is 0.236 e. The third kappa shape index (κ3) is 4.38. The van der Waals surface area contributed by atoms with Gasteiger partial charge in [-0.3, -0.25) is 9.36 Å². The summed E-state index contributed by atoms with van der Waals surface area (Å²) in [5.74, 6) is 0.850. The number of para-hydroxylation sites is 1. The Kier molecular flexibility index (Phi) is 6.65. The summed E-state index contributed by atoms with van der Waals surface area (Å²) in [4.78, 5) is 12.9. The van der Waals surface area contributed by atoms with Gasteiger partial charge < -0.3 is 10.1 Å². The number of benzene rings is 2. The van der Waals surface area contributed by atoms with Gasteiger partial charge in [-0.2, -0.15) is 9.94 Å². The monoisotopic (exact) mass is 473 g/mol. The number of aromatic nitrogens is 5. The van der Waals surface area contributed by atoms with E-state index in [1.807, 2.05) is 73.9 Å². The van der Waals surface area contributed by atoms with Crippen LogP contribution in [0.2, 0.25) is 0 Å². The SMILES string of the molecule is COc1ccc(C)cc1-n1nnnc1SCC(=O)Nc1c(C#N)c(C)c(C)n1-c1ccccc1. The van der Waals surface area contributed by atoms with Gasteiger partial charge in [-0.15, -0.1) is 5.10 Å². The fraction of sp³-hybridized carbons (Fsp3) is 0.208. The number of amides is 1. The highest BCUT2D eigenvalue weighted by Gasteiger charge is 2.21. The van der Waals surface area contributed by atoms with E-state index in [0.717, 1.165) is 22.5 Å². The summed E-state index contributed by atoms with van der Waals surface area (Å²) in [6, 6.07) is 17.5. The zero-order valence-electron chi connectivity index (χ0n) is 19.2.